The quantitative estimate of drug-likeness (QED) is 0.798. The van der Waals surface area contributed by atoms with E-state index in [-0.39, 0.29) is 23.2 Å². The van der Waals surface area contributed by atoms with Gasteiger partial charge in [-0.3, -0.25) is 14.4 Å². The van der Waals surface area contributed by atoms with Crippen LogP contribution in [-0.4, -0.2) is 46.6 Å². The lowest BCUT2D eigenvalue weighted by Gasteiger charge is -2.21. The first-order valence-electron chi connectivity index (χ1n) is 6.84. The maximum atomic E-state index is 12.1. The van der Waals surface area contributed by atoms with Crippen molar-refractivity contribution < 1.29 is 14.4 Å². The van der Waals surface area contributed by atoms with Gasteiger partial charge in [0.05, 0.1) is 11.5 Å². The highest BCUT2D eigenvalue weighted by Crippen LogP contribution is 2.18. The van der Waals surface area contributed by atoms with E-state index in [1.165, 1.54) is 16.7 Å². The summed E-state index contributed by atoms with van der Waals surface area (Å²) >= 11 is 1.27. The first-order valence-corrected chi connectivity index (χ1v) is 8.00. The highest BCUT2D eigenvalue weighted by Gasteiger charge is 2.32. The van der Waals surface area contributed by atoms with E-state index in [4.69, 9.17) is 5.73 Å². The van der Waals surface area contributed by atoms with E-state index in [0.717, 1.165) is 6.42 Å². The number of ketones is 1. The number of carbonyl (C=O) groups is 3. The van der Waals surface area contributed by atoms with Gasteiger partial charge in [-0.05, 0) is 12.8 Å². The number of hydrogen-bond donors (Lipinski definition) is 1. The largest absolute Gasteiger partial charge is 0.368 e. The van der Waals surface area contributed by atoms with Gasteiger partial charge in [0.2, 0.25) is 11.8 Å². The summed E-state index contributed by atoms with van der Waals surface area (Å²) in [5.74, 6) is -0.123. The predicted molar refractivity (Wildman–Crippen MR) is 82.0 cm³/mol. The van der Waals surface area contributed by atoms with E-state index in [1.807, 2.05) is 18.2 Å². The molecule has 1 heterocycles. The monoisotopic (exact) mass is 306 g/mol. The average molecular weight is 306 g/mol. The molecule has 2 N–H and O–H groups in total. The fourth-order valence-corrected chi connectivity index (χ4v) is 3.18. The molecule has 0 bridgehead atoms. The Labute approximate surface area is 127 Å². The van der Waals surface area contributed by atoms with Crippen LogP contribution < -0.4 is 5.73 Å². The van der Waals surface area contributed by atoms with Crippen LogP contribution in [0, 0.1) is 0 Å². The van der Waals surface area contributed by atoms with Crippen molar-refractivity contribution in [2.45, 2.75) is 18.9 Å². The van der Waals surface area contributed by atoms with Gasteiger partial charge in [0.25, 0.3) is 0 Å². The zero-order chi connectivity index (χ0) is 15.2. The summed E-state index contributed by atoms with van der Waals surface area (Å²) in [7, 11) is 0. The fourth-order valence-electron chi connectivity index (χ4n) is 2.38. The van der Waals surface area contributed by atoms with Crippen molar-refractivity contribution in [2.75, 3.05) is 18.1 Å². The predicted octanol–water partition coefficient (Wildman–Crippen LogP) is 1.08. The standard InChI is InChI=1S/C15H18N2O3S/c16-15(20)12-7-4-8-17(12)14(19)10-21-9-13(18)11-5-2-1-3-6-11/h1-3,5-6,12H,4,7-10H2,(H2,16,20). The summed E-state index contributed by atoms with van der Waals surface area (Å²) in [6.07, 6.45) is 1.43. The maximum Gasteiger partial charge on any atom is 0.240 e. The van der Waals surface area contributed by atoms with E-state index in [9.17, 15) is 14.4 Å². The molecule has 112 valence electrons. The third kappa shape index (κ3) is 4.07. The molecule has 1 unspecified atom stereocenters. The van der Waals surface area contributed by atoms with Crippen molar-refractivity contribution in [3.63, 3.8) is 0 Å². The zero-order valence-electron chi connectivity index (χ0n) is 11.7. The van der Waals surface area contributed by atoms with Crippen LogP contribution in [-0.2, 0) is 9.59 Å². The number of likely N-dealkylation sites (tertiary alicyclic amines) is 1. The molecule has 1 aromatic rings. The van der Waals surface area contributed by atoms with Gasteiger partial charge < -0.3 is 10.6 Å². The number of Topliss-reactive ketones (excluding diaryl/α,β-unsaturated/α-hetero) is 1. The molecular weight excluding hydrogens is 288 g/mol. The minimum absolute atomic E-state index is 0.00118. The molecule has 21 heavy (non-hydrogen) atoms. The molecule has 1 atom stereocenters. The van der Waals surface area contributed by atoms with Crippen molar-refractivity contribution in [1.82, 2.24) is 4.90 Å². The number of benzene rings is 1. The Hall–Kier alpha value is -1.82. The average Bonchev–Trinajstić information content (AvgIpc) is 2.97. The van der Waals surface area contributed by atoms with Gasteiger partial charge in [-0.15, -0.1) is 11.8 Å². The third-order valence-corrected chi connectivity index (χ3v) is 4.37. The minimum Gasteiger partial charge on any atom is -0.368 e. The molecule has 1 aromatic carbocycles. The van der Waals surface area contributed by atoms with E-state index in [1.54, 1.807) is 12.1 Å². The second-order valence-electron chi connectivity index (χ2n) is 4.93. The van der Waals surface area contributed by atoms with E-state index in [0.29, 0.717) is 18.5 Å². The summed E-state index contributed by atoms with van der Waals surface area (Å²) in [4.78, 5) is 36.7. The molecule has 1 saturated heterocycles. The SMILES string of the molecule is NC(=O)C1CCCN1C(=O)CSCC(=O)c1ccccc1. The van der Waals surface area contributed by atoms with Gasteiger partial charge >= 0.3 is 0 Å². The Morgan fingerprint density at radius 1 is 1.19 bits per heavy atom. The van der Waals surface area contributed by atoms with Crippen LogP contribution in [0.5, 0.6) is 0 Å². The second-order valence-corrected chi connectivity index (χ2v) is 5.92. The number of nitrogens with zero attached hydrogens (tertiary/aromatic N) is 1. The van der Waals surface area contributed by atoms with E-state index in [2.05, 4.69) is 0 Å². The summed E-state index contributed by atoms with van der Waals surface area (Å²) in [6.45, 7) is 0.569. The Morgan fingerprint density at radius 2 is 1.90 bits per heavy atom. The summed E-state index contributed by atoms with van der Waals surface area (Å²) in [6, 6.07) is 8.51. The molecule has 5 nitrogen and oxygen atoms in total. The molecule has 2 rings (SSSR count). The van der Waals surface area contributed by atoms with E-state index >= 15 is 0 Å². The smallest absolute Gasteiger partial charge is 0.240 e. The maximum absolute atomic E-state index is 12.1. The molecule has 0 radical (unpaired) electrons. The van der Waals surface area contributed by atoms with Gasteiger partial charge in [-0.2, -0.15) is 0 Å². The molecule has 1 aliphatic rings. The number of nitrogens with two attached hydrogens (primary N) is 1. The Bertz CT molecular complexity index is 533. The summed E-state index contributed by atoms with van der Waals surface area (Å²) in [5, 5.41) is 0. The number of primary amides is 1. The van der Waals surface area contributed by atoms with Crippen molar-refractivity contribution in [3.05, 3.63) is 35.9 Å². The van der Waals surface area contributed by atoms with Gasteiger partial charge in [0.15, 0.2) is 5.78 Å². The number of carbonyl (C=O) groups excluding carboxylic acids is 3. The summed E-state index contributed by atoms with van der Waals surface area (Å²) in [5.41, 5.74) is 5.93. The van der Waals surface area contributed by atoms with Gasteiger partial charge in [0.1, 0.15) is 6.04 Å². The molecule has 0 spiro atoms. The zero-order valence-corrected chi connectivity index (χ0v) is 12.5. The van der Waals surface area contributed by atoms with Gasteiger partial charge in [-0.25, -0.2) is 0 Å². The highest BCUT2D eigenvalue weighted by atomic mass is 32.2. The Balaban J connectivity index is 1.79. The Kier molecular flexibility index (Phi) is 5.38. The van der Waals surface area contributed by atoms with Crippen molar-refractivity contribution in [3.8, 4) is 0 Å². The van der Waals surface area contributed by atoms with Crippen LogP contribution >= 0.6 is 11.8 Å². The van der Waals surface area contributed by atoms with Gasteiger partial charge in [-0.1, -0.05) is 30.3 Å². The van der Waals surface area contributed by atoms with Crippen LogP contribution in [0.4, 0.5) is 0 Å². The number of hydrogen-bond acceptors (Lipinski definition) is 4. The lowest BCUT2D eigenvalue weighted by Crippen LogP contribution is -2.44. The third-order valence-electron chi connectivity index (χ3n) is 3.46. The second kappa shape index (κ2) is 7.26. The van der Waals surface area contributed by atoms with Crippen LogP contribution in [0.3, 0.4) is 0 Å². The van der Waals surface area contributed by atoms with Crippen LogP contribution in [0.25, 0.3) is 0 Å². The lowest BCUT2D eigenvalue weighted by atomic mass is 10.2. The molecule has 0 aliphatic carbocycles. The number of amides is 2. The minimum atomic E-state index is -0.483. The van der Waals surface area contributed by atoms with Crippen LogP contribution in [0.1, 0.15) is 23.2 Å². The first kappa shape index (κ1) is 15.6. The topological polar surface area (TPSA) is 80.5 Å². The highest BCUT2D eigenvalue weighted by molar-refractivity contribution is 8.00. The number of thioether (sulfide) groups is 1. The molecule has 0 aromatic heterocycles. The number of rotatable bonds is 6. The molecule has 1 fully saturated rings. The summed E-state index contributed by atoms with van der Waals surface area (Å²) < 4.78 is 0. The van der Waals surface area contributed by atoms with Gasteiger partial charge in [0, 0.05) is 12.1 Å². The lowest BCUT2D eigenvalue weighted by molar-refractivity contribution is -0.135. The van der Waals surface area contributed by atoms with Crippen LogP contribution in [0.15, 0.2) is 30.3 Å². The fraction of sp³-hybridized carbons (Fsp3) is 0.400. The van der Waals surface area contributed by atoms with E-state index < -0.39 is 11.9 Å². The normalized spacial score (nSPS) is 17.7. The molecule has 6 heteroatoms. The molecule has 1 aliphatic heterocycles. The van der Waals surface area contributed by atoms with Crippen molar-refractivity contribution >= 4 is 29.4 Å². The first-order chi connectivity index (χ1) is 10.1. The van der Waals surface area contributed by atoms with Crippen LogP contribution in [0.2, 0.25) is 0 Å². The molecular formula is C15H18N2O3S. The van der Waals surface area contributed by atoms with Crippen molar-refractivity contribution in [1.29, 1.82) is 0 Å². The molecule has 2 amide bonds. The van der Waals surface area contributed by atoms with Crippen molar-refractivity contribution in [2.24, 2.45) is 5.73 Å². The molecule has 0 saturated carbocycles. The Morgan fingerprint density at radius 3 is 2.57 bits per heavy atom.